The van der Waals surface area contributed by atoms with Gasteiger partial charge in [0.25, 0.3) is 0 Å². The monoisotopic (exact) mass is 256 g/mol. The van der Waals surface area contributed by atoms with Gasteiger partial charge >= 0.3 is 6.36 Å². The van der Waals surface area contributed by atoms with E-state index in [1.807, 2.05) is 0 Å². The molecule has 2 aromatic rings. The first-order chi connectivity index (χ1) is 8.44. The Morgan fingerprint density at radius 2 is 1.72 bits per heavy atom. The van der Waals surface area contributed by atoms with Crippen molar-refractivity contribution >= 4 is 0 Å². The van der Waals surface area contributed by atoms with Gasteiger partial charge in [-0.05, 0) is 24.3 Å². The Balaban J connectivity index is 2.25. The van der Waals surface area contributed by atoms with Gasteiger partial charge in [0.05, 0.1) is 6.26 Å². The molecule has 6 heteroatoms. The van der Waals surface area contributed by atoms with Gasteiger partial charge in [-0.15, -0.1) is 13.2 Å². The van der Waals surface area contributed by atoms with Crippen LogP contribution in [0.25, 0.3) is 11.3 Å². The molecule has 0 aliphatic carbocycles. The summed E-state index contributed by atoms with van der Waals surface area (Å²) in [6.07, 6.45) is -3.50. The lowest BCUT2D eigenvalue weighted by Gasteiger charge is -2.08. The Morgan fingerprint density at radius 1 is 1.06 bits per heavy atom. The van der Waals surface area contributed by atoms with E-state index in [2.05, 4.69) is 4.74 Å². The molecule has 0 radical (unpaired) electrons. The fraction of sp³-hybridized carbons (Fsp3) is 0.0833. The molecule has 1 heterocycles. The molecule has 94 valence electrons. The van der Waals surface area contributed by atoms with Crippen molar-refractivity contribution in [1.82, 2.24) is 0 Å². The van der Waals surface area contributed by atoms with Gasteiger partial charge in [0.2, 0.25) is 0 Å². The van der Waals surface area contributed by atoms with Crippen LogP contribution in [-0.2, 0) is 0 Å². The summed E-state index contributed by atoms with van der Waals surface area (Å²) in [4.78, 5) is 11.1. The van der Waals surface area contributed by atoms with E-state index >= 15 is 0 Å². The highest BCUT2D eigenvalue weighted by Gasteiger charge is 2.30. The topological polar surface area (TPSA) is 39.4 Å². The summed E-state index contributed by atoms with van der Waals surface area (Å²) in [5, 5.41) is 0. The maximum absolute atomic E-state index is 11.9. The molecule has 0 saturated carbocycles. The number of ether oxygens (including phenoxy) is 1. The summed E-state index contributed by atoms with van der Waals surface area (Å²) in [6.45, 7) is 0. The van der Waals surface area contributed by atoms with Gasteiger partial charge in [-0.1, -0.05) is 0 Å². The SMILES string of the molecule is O=c1ccoc(-c2ccc(OC(F)(F)F)cc2)c1. The van der Waals surface area contributed by atoms with Crippen molar-refractivity contribution < 1.29 is 22.3 Å². The third-order valence-electron chi connectivity index (χ3n) is 2.07. The Kier molecular flexibility index (Phi) is 3.10. The van der Waals surface area contributed by atoms with Crippen LogP contribution >= 0.6 is 0 Å². The van der Waals surface area contributed by atoms with E-state index in [0.717, 1.165) is 12.1 Å². The van der Waals surface area contributed by atoms with Crippen LogP contribution < -0.4 is 10.2 Å². The van der Waals surface area contributed by atoms with Gasteiger partial charge in [-0.3, -0.25) is 4.79 Å². The maximum Gasteiger partial charge on any atom is 0.573 e. The molecule has 0 aliphatic heterocycles. The standard InChI is InChI=1S/C12H7F3O3/c13-12(14,15)18-10-3-1-8(2-4-10)11-7-9(16)5-6-17-11/h1-7H. The zero-order valence-corrected chi connectivity index (χ0v) is 8.90. The summed E-state index contributed by atoms with van der Waals surface area (Å²) in [5.74, 6) is -0.0504. The lowest BCUT2D eigenvalue weighted by molar-refractivity contribution is -0.274. The lowest BCUT2D eigenvalue weighted by atomic mass is 10.1. The minimum Gasteiger partial charge on any atom is -0.464 e. The fourth-order valence-corrected chi connectivity index (χ4v) is 1.36. The number of rotatable bonds is 2. The number of hydrogen-bond acceptors (Lipinski definition) is 3. The van der Waals surface area contributed by atoms with Crippen molar-refractivity contribution in [2.45, 2.75) is 6.36 Å². The summed E-state index contributed by atoms with van der Waals surface area (Å²) >= 11 is 0. The Bertz CT molecular complexity index is 585. The summed E-state index contributed by atoms with van der Waals surface area (Å²) in [7, 11) is 0. The van der Waals surface area contributed by atoms with E-state index < -0.39 is 6.36 Å². The summed E-state index contributed by atoms with van der Waals surface area (Å²) in [5.41, 5.74) is 0.245. The second-order valence-electron chi connectivity index (χ2n) is 3.40. The Hall–Kier alpha value is -2.24. The highest BCUT2D eigenvalue weighted by atomic mass is 19.4. The lowest BCUT2D eigenvalue weighted by Crippen LogP contribution is -2.16. The predicted molar refractivity (Wildman–Crippen MR) is 57.1 cm³/mol. The molecule has 0 spiro atoms. The number of hydrogen-bond donors (Lipinski definition) is 0. The van der Waals surface area contributed by atoms with Gasteiger partial charge in [-0.25, -0.2) is 0 Å². The average molecular weight is 256 g/mol. The molecule has 18 heavy (non-hydrogen) atoms. The number of halogens is 3. The van der Waals surface area contributed by atoms with Crippen LogP contribution in [0.5, 0.6) is 5.75 Å². The highest BCUT2D eigenvalue weighted by Crippen LogP contribution is 2.25. The number of benzene rings is 1. The van der Waals surface area contributed by atoms with Gasteiger partial charge < -0.3 is 9.15 Å². The van der Waals surface area contributed by atoms with Crippen LogP contribution in [0.3, 0.4) is 0 Å². The van der Waals surface area contributed by atoms with Crippen LogP contribution in [-0.4, -0.2) is 6.36 Å². The molecule has 0 atom stereocenters. The van der Waals surface area contributed by atoms with Gasteiger partial charge in [0.15, 0.2) is 5.43 Å². The molecule has 0 fully saturated rings. The zero-order chi connectivity index (χ0) is 13.2. The summed E-state index contributed by atoms with van der Waals surface area (Å²) in [6, 6.07) is 7.54. The van der Waals surface area contributed by atoms with Crippen LogP contribution in [0.15, 0.2) is 51.9 Å². The van der Waals surface area contributed by atoms with Gasteiger partial charge in [0, 0.05) is 17.7 Å². The first-order valence-corrected chi connectivity index (χ1v) is 4.89. The maximum atomic E-state index is 11.9. The van der Waals surface area contributed by atoms with Crippen LogP contribution in [0.1, 0.15) is 0 Å². The van der Waals surface area contributed by atoms with Crippen molar-refractivity contribution in [3.8, 4) is 17.1 Å². The van der Waals surface area contributed by atoms with E-state index in [1.54, 1.807) is 0 Å². The summed E-state index contributed by atoms with van der Waals surface area (Å²) < 4.78 is 44.6. The fourth-order valence-electron chi connectivity index (χ4n) is 1.36. The first-order valence-electron chi connectivity index (χ1n) is 4.89. The quantitative estimate of drug-likeness (QED) is 0.828. The van der Waals surface area contributed by atoms with E-state index in [-0.39, 0.29) is 16.9 Å². The minimum absolute atomic E-state index is 0.244. The van der Waals surface area contributed by atoms with E-state index in [0.29, 0.717) is 5.56 Å². The van der Waals surface area contributed by atoms with Crippen LogP contribution in [0, 0.1) is 0 Å². The molecule has 0 saturated heterocycles. The average Bonchev–Trinajstić information content (AvgIpc) is 2.28. The molecule has 3 nitrogen and oxygen atoms in total. The molecule has 1 aromatic heterocycles. The molecule has 0 aliphatic rings. The van der Waals surface area contributed by atoms with E-state index in [9.17, 15) is 18.0 Å². The van der Waals surface area contributed by atoms with Crippen LogP contribution in [0.4, 0.5) is 13.2 Å². The van der Waals surface area contributed by atoms with E-state index in [4.69, 9.17) is 4.42 Å². The highest BCUT2D eigenvalue weighted by molar-refractivity contribution is 5.57. The van der Waals surface area contributed by atoms with Gasteiger partial charge in [0.1, 0.15) is 11.5 Å². The predicted octanol–water partition coefficient (Wildman–Crippen LogP) is 3.21. The molecule has 0 bridgehead atoms. The van der Waals surface area contributed by atoms with Crippen LogP contribution in [0.2, 0.25) is 0 Å². The van der Waals surface area contributed by atoms with Crippen molar-refractivity contribution in [3.63, 3.8) is 0 Å². The second-order valence-corrected chi connectivity index (χ2v) is 3.40. The Labute approximate surface area is 99.4 Å². The molecule has 0 unspecified atom stereocenters. The zero-order valence-electron chi connectivity index (χ0n) is 8.90. The van der Waals surface area contributed by atoms with Crippen molar-refractivity contribution in [2.24, 2.45) is 0 Å². The molecular weight excluding hydrogens is 249 g/mol. The normalized spacial score (nSPS) is 11.3. The molecule has 0 N–H and O–H groups in total. The Morgan fingerprint density at radius 3 is 2.28 bits per heavy atom. The molecular formula is C12H7F3O3. The smallest absolute Gasteiger partial charge is 0.464 e. The van der Waals surface area contributed by atoms with Gasteiger partial charge in [-0.2, -0.15) is 0 Å². The molecule has 0 amide bonds. The third kappa shape index (κ3) is 3.13. The van der Waals surface area contributed by atoms with Crippen molar-refractivity contribution in [1.29, 1.82) is 0 Å². The third-order valence-corrected chi connectivity index (χ3v) is 2.07. The van der Waals surface area contributed by atoms with Crippen molar-refractivity contribution in [3.05, 3.63) is 52.9 Å². The number of alkyl halides is 3. The first kappa shape index (κ1) is 12.2. The molecule has 2 rings (SSSR count). The second kappa shape index (κ2) is 4.56. The van der Waals surface area contributed by atoms with E-state index in [1.165, 1.54) is 30.5 Å². The minimum atomic E-state index is -4.72. The molecule has 1 aromatic carbocycles. The largest absolute Gasteiger partial charge is 0.573 e. The van der Waals surface area contributed by atoms with Crippen molar-refractivity contribution in [2.75, 3.05) is 0 Å².